The Morgan fingerprint density at radius 1 is 1.18 bits per heavy atom. The van der Waals surface area contributed by atoms with E-state index in [1.165, 1.54) is 4.57 Å². The molecule has 0 aliphatic heterocycles. The summed E-state index contributed by atoms with van der Waals surface area (Å²) in [5, 5.41) is 7.76. The Balaban J connectivity index is 1.99. The van der Waals surface area contributed by atoms with Gasteiger partial charge in [0, 0.05) is 11.5 Å². The van der Waals surface area contributed by atoms with Crippen LogP contribution in [-0.2, 0) is 6.54 Å². The Bertz CT molecular complexity index is 844. The van der Waals surface area contributed by atoms with Gasteiger partial charge >= 0.3 is 5.76 Å². The normalized spacial score (nSPS) is 11.3. The number of nitrogens with zero attached hydrogens (tertiary/aromatic N) is 4. The summed E-state index contributed by atoms with van der Waals surface area (Å²) in [6, 6.07) is 7.64. The van der Waals surface area contributed by atoms with Crippen LogP contribution in [0.15, 0.2) is 38.1 Å². The van der Waals surface area contributed by atoms with Gasteiger partial charge in [0.2, 0.25) is 5.89 Å². The topological polar surface area (TPSA) is 87.0 Å². The second-order valence-electron chi connectivity index (χ2n) is 5.37. The molecule has 22 heavy (non-hydrogen) atoms. The highest BCUT2D eigenvalue weighted by Crippen LogP contribution is 2.20. The van der Waals surface area contributed by atoms with Crippen LogP contribution < -0.4 is 5.76 Å². The van der Waals surface area contributed by atoms with Crippen molar-refractivity contribution in [2.45, 2.75) is 33.2 Å². The summed E-state index contributed by atoms with van der Waals surface area (Å²) in [7, 11) is 0. The average Bonchev–Trinajstić information content (AvgIpc) is 3.09. The summed E-state index contributed by atoms with van der Waals surface area (Å²) in [5.74, 6) is 1.02. The van der Waals surface area contributed by atoms with E-state index in [0.29, 0.717) is 17.5 Å². The van der Waals surface area contributed by atoms with Crippen LogP contribution in [0.3, 0.4) is 0 Å². The highest BCUT2D eigenvalue weighted by molar-refractivity contribution is 5.59. The number of hydrogen-bond acceptors (Lipinski definition) is 6. The van der Waals surface area contributed by atoms with E-state index in [2.05, 4.69) is 15.3 Å². The number of benzene rings is 1. The zero-order valence-corrected chi connectivity index (χ0v) is 12.6. The van der Waals surface area contributed by atoms with Crippen molar-refractivity contribution in [1.82, 2.24) is 19.9 Å². The summed E-state index contributed by atoms with van der Waals surface area (Å²) in [6.45, 7) is 6.02. The van der Waals surface area contributed by atoms with E-state index >= 15 is 0 Å². The molecule has 0 spiro atoms. The summed E-state index contributed by atoms with van der Waals surface area (Å²) in [5.41, 5.74) is 1.83. The van der Waals surface area contributed by atoms with Gasteiger partial charge in [0.15, 0.2) is 11.6 Å². The van der Waals surface area contributed by atoms with Crippen LogP contribution in [0.1, 0.15) is 37.0 Å². The predicted molar refractivity (Wildman–Crippen MR) is 78.4 cm³/mol. The second-order valence-corrected chi connectivity index (χ2v) is 5.37. The molecule has 0 radical (unpaired) electrons. The van der Waals surface area contributed by atoms with E-state index < -0.39 is 5.76 Å². The Morgan fingerprint density at radius 3 is 2.64 bits per heavy atom. The lowest BCUT2D eigenvalue weighted by molar-refractivity contribution is 0.350. The van der Waals surface area contributed by atoms with E-state index in [-0.39, 0.29) is 12.5 Å². The Kier molecular flexibility index (Phi) is 3.62. The standard InChI is InChI=1S/C15H16N4O3/c1-9(2)13-16-12(21-17-13)8-19-14(18-22-15(19)20)11-7-5-4-6-10(11)3/h4-7,9H,8H2,1-3H3. The average molecular weight is 300 g/mol. The molecule has 2 heterocycles. The highest BCUT2D eigenvalue weighted by atomic mass is 16.5. The first-order valence-corrected chi connectivity index (χ1v) is 7.01. The van der Waals surface area contributed by atoms with Crippen LogP contribution in [0.5, 0.6) is 0 Å². The van der Waals surface area contributed by atoms with Gasteiger partial charge in [-0.15, -0.1) is 0 Å². The lowest BCUT2D eigenvalue weighted by Crippen LogP contribution is -2.16. The maximum Gasteiger partial charge on any atom is 0.442 e. The minimum Gasteiger partial charge on any atom is -0.337 e. The van der Waals surface area contributed by atoms with Gasteiger partial charge in [0.25, 0.3) is 0 Å². The zero-order valence-electron chi connectivity index (χ0n) is 12.6. The van der Waals surface area contributed by atoms with Crippen molar-refractivity contribution >= 4 is 0 Å². The summed E-state index contributed by atoms with van der Waals surface area (Å²) < 4.78 is 11.4. The molecule has 7 heteroatoms. The van der Waals surface area contributed by atoms with Crippen LogP contribution >= 0.6 is 0 Å². The molecule has 0 saturated heterocycles. The van der Waals surface area contributed by atoms with Gasteiger partial charge in [0.05, 0.1) is 0 Å². The minimum absolute atomic E-state index is 0.131. The van der Waals surface area contributed by atoms with E-state index in [1.807, 2.05) is 45.0 Å². The van der Waals surface area contributed by atoms with Gasteiger partial charge in [0.1, 0.15) is 6.54 Å². The van der Waals surface area contributed by atoms with E-state index in [4.69, 9.17) is 9.05 Å². The summed E-state index contributed by atoms with van der Waals surface area (Å²) in [4.78, 5) is 16.2. The van der Waals surface area contributed by atoms with Crippen LogP contribution in [0.25, 0.3) is 11.4 Å². The van der Waals surface area contributed by atoms with Crippen LogP contribution in [-0.4, -0.2) is 19.9 Å². The van der Waals surface area contributed by atoms with Gasteiger partial charge in [-0.2, -0.15) is 4.98 Å². The Morgan fingerprint density at radius 2 is 1.95 bits per heavy atom. The van der Waals surface area contributed by atoms with Crippen molar-refractivity contribution in [3.05, 3.63) is 52.1 Å². The number of aromatic nitrogens is 4. The Hall–Kier alpha value is -2.70. The third-order valence-corrected chi connectivity index (χ3v) is 3.37. The molecule has 3 rings (SSSR count). The molecule has 0 bridgehead atoms. The van der Waals surface area contributed by atoms with Crippen molar-refractivity contribution in [1.29, 1.82) is 0 Å². The molecule has 0 saturated carbocycles. The van der Waals surface area contributed by atoms with Crippen LogP contribution in [0.4, 0.5) is 0 Å². The van der Waals surface area contributed by atoms with Gasteiger partial charge < -0.3 is 4.52 Å². The van der Waals surface area contributed by atoms with Crippen molar-refractivity contribution < 1.29 is 9.05 Å². The van der Waals surface area contributed by atoms with Crippen LogP contribution in [0, 0.1) is 6.92 Å². The fourth-order valence-corrected chi connectivity index (χ4v) is 2.13. The second kappa shape index (κ2) is 5.59. The molecular weight excluding hydrogens is 284 g/mol. The molecule has 2 aromatic heterocycles. The number of hydrogen-bond donors (Lipinski definition) is 0. The molecule has 0 aliphatic rings. The first-order valence-electron chi connectivity index (χ1n) is 7.01. The van der Waals surface area contributed by atoms with Gasteiger partial charge in [-0.3, -0.25) is 4.52 Å². The molecule has 0 unspecified atom stereocenters. The van der Waals surface area contributed by atoms with E-state index in [9.17, 15) is 4.79 Å². The first-order chi connectivity index (χ1) is 10.6. The molecule has 0 N–H and O–H groups in total. The third kappa shape index (κ3) is 2.57. The molecule has 114 valence electrons. The SMILES string of the molecule is Cc1ccccc1-c1noc(=O)n1Cc1nc(C(C)C)no1. The van der Waals surface area contributed by atoms with Crippen molar-refractivity contribution in [3.8, 4) is 11.4 Å². The number of aryl methyl sites for hydroxylation is 1. The van der Waals surface area contributed by atoms with E-state index in [1.54, 1.807) is 0 Å². The highest BCUT2D eigenvalue weighted by Gasteiger charge is 2.18. The molecule has 0 aliphatic carbocycles. The fourth-order valence-electron chi connectivity index (χ4n) is 2.13. The van der Waals surface area contributed by atoms with Gasteiger partial charge in [-0.05, 0) is 12.5 Å². The first kappa shape index (κ1) is 14.2. The molecule has 3 aromatic rings. The molecule has 0 amide bonds. The lowest BCUT2D eigenvalue weighted by atomic mass is 10.1. The third-order valence-electron chi connectivity index (χ3n) is 3.37. The van der Waals surface area contributed by atoms with Gasteiger partial charge in [-0.1, -0.05) is 48.4 Å². The molecule has 0 atom stereocenters. The van der Waals surface area contributed by atoms with Crippen molar-refractivity contribution in [2.24, 2.45) is 0 Å². The van der Waals surface area contributed by atoms with Crippen molar-refractivity contribution in [2.75, 3.05) is 0 Å². The smallest absolute Gasteiger partial charge is 0.337 e. The summed E-state index contributed by atoms with van der Waals surface area (Å²) >= 11 is 0. The predicted octanol–water partition coefficient (Wildman–Crippen LogP) is 2.37. The number of rotatable bonds is 4. The van der Waals surface area contributed by atoms with Gasteiger partial charge in [-0.25, -0.2) is 9.36 Å². The molecular formula is C15H16N4O3. The molecule has 7 nitrogen and oxygen atoms in total. The zero-order chi connectivity index (χ0) is 15.7. The quantitative estimate of drug-likeness (QED) is 0.735. The molecule has 1 aromatic carbocycles. The minimum atomic E-state index is -0.553. The monoisotopic (exact) mass is 300 g/mol. The largest absolute Gasteiger partial charge is 0.442 e. The van der Waals surface area contributed by atoms with Crippen molar-refractivity contribution in [3.63, 3.8) is 0 Å². The maximum atomic E-state index is 11.9. The van der Waals surface area contributed by atoms with Crippen LogP contribution in [0.2, 0.25) is 0 Å². The lowest BCUT2D eigenvalue weighted by Gasteiger charge is -2.04. The van der Waals surface area contributed by atoms with E-state index in [0.717, 1.165) is 11.1 Å². The molecule has 0 fully saturated rings. The summed E-state index contributed by atoms with van der Waals surface area (Å²) in [6.07, 6.45) is 0. The maximum absolute atomic E-state index is 11.9. The Labute approximate surface area is 126 Å². The fraction of sp³-hybridized carbons (Fsp3) is 0.333.